The number of hydrogen-bond acceptors (Lipinski definition) is 6. The summed E-state index contributed by atoms with van der Waals surface area (Å²) in [4.78, 5) is 23.9. The molecule has 1 atom stereocenters. The van der Waals surface area contributed by atoms with Crippen molar-refractivity contribution in [2.45, 2.75) is 24.5 Å². The van der Waals surface area contributed by atoms with Gasteiger partial charge >= 0.3 is 5.97 Å². The first kappa shape index (κ1) is 22.3. The number of esters is 1. The standard InChI is InChI=1S/C22H22N2O6S/c1-3-16(2)30-19-9-7-17(8-10-19)15-29-22(26)18-5-4-6-20(13-18)31(27,28)24-12-11-23-21(25)14-24/h1,4-10,13,16H,11-12,14-15H2,2H3,(H,23,25)/t16-/m0/s1. The Labute approximate surface area is 181 Å². The van der Waals surface area contributed by atoms with Gasteiger partial charge in [0.15, 0.2) is 6.10 Å². The molecule has 0 saturated carbocycles. The van der Waals surface area contributed by atoms with Crippen molar-refractivity contribution < 1.29 is 27.5 Å². The Morgan fingerprint density at radius 3 is 2.68 bits per heavy atom. The topological polar surface area (TPSA) is 102 Å². The van der Waals surface area contributed by atoms with Gasteiger partial charge in [-0.2, -0.15) is 4.31 Å². The lowest BCUT2D eigenvalue weighted by Crippen LogP contribution is -2.49. The number of nitrogens with zero attached hydrogens (tertiary/aromatic N) is 1. The third-order valence-corrected chi connectivity index (χ3v) is 6.39. The minimum absolute atomic E-state index is 0.00702. The minimum Gasteiger partial charge on any atom is -0.478 e. The molecule has 1 N–H and O–H groups in total. The first-order valence-corrected chi connectivity index (χ1v) is 11.0. The van der Waals surface area contributed by atoms with Crippen LogP contribution in [0.1, 0.15) is 22.8 Å². The Morgan fingerprint density at radius 1 is 1.26 bits per heavy atom. The molecule has 1 heterocycles. The molecule has 9 heteroatoms. The monoisotopic (exact) mass is 442 g/mol. The van der Waals surface area contributed by atoms with Crippen LogP contribution in [0.15, 0.2) is 53.4 Å². The molecule has 0 unspecified atom stereocenters. The zero-order valence-corrected chi connectivity index (χ0v) is 17.7. The molecule has 1 fully saturated rings. The molecule has 2 aromatic carbocycles. The highest BCUT2D eigenvalue weighted by Crippen LogP contribution is 2.19. The summed E-state index contributed by atoms with van der Waals surface area (Å²) in [6.07, 6.45) is 4.93. The van der Waals surface area contributed by atoms with Crippen LogP contribution < -0.4 is 10.1 Å². The number of carbonyl (C=O) groups is 2. The van der Waals surface area contributed by atoms with E-state index in [9.17, 15) is 18.0 Å². The molecule has 3 rings (SSSR count). The van der Waals surface area contributed by atoms with Crippen LogP contribution in [0, 0.1) is 12.3 Å². The van der Waals surface area contributed by atoms with Crippen LogP contribution in [0.4, 0.5) is 0 Å². The van der Waals surface area contributed by atoms with Gasteiger partial charge in [0.25, 0.3) is 0 Å². The van der Waals surface area contributed by atoms with Gasteiger partial charge in [-0.05, 0) is 42.8 Å². The summed E-state index contributed by atoms with van der Waals surface area (Å²) in [6.45, 7) is 1.92. The molecular formula is C22H22N2O6S. The number of nitrogens with one attached hydrogen (secondary N) is 1. The molecule has 0 aromatic heterocycles. The molecule has 8 nitrogen and oxygen atoms in total. The second-order valence-electron chi connectivity index (χ2n) is 6.86. The number of rotatable bonds is 7. The van der Waals surface area contributed by atoms with E-state index in [0.29, 0.717) is 5.75 Å². The van der Waals surface area contributed by atoms with Crippen LogP contribution >= 0.6 is 0 Å². The van der Waals surface area contributed by atoms with Gasteiger partial charge in [-0.1, -0.05) is 24.1 Å². The Morgan fingerprint density at radius 2 is 2.00 bits per heavy atom. The van der Waals surface area contributed by atoms with Crippen LogP contribution in [0.3, 0.4) is 0 Å². The van der Waals surface area contributed by atoms with Crippen molar-refractivity contribution in [1.29, 1.82) is 0 Å². The Balaban J connectivity index is 1.65. The molecule has 1 aliphatic heterocycles. The lowest BCUT2D eigenvalue weighted by atomic mass is 10.2. The number of benzene rings is 2. The predicted molar refractivity (Wildman–Crippen MR) is 113 cm³/mol. The van der Waals surface area contributed by atoms with Crippen molar-refractivity contribution in [2.24, 2.45) is 0 Å². The van der Waals surface area contributed by atoms with Crippen molar-refractivity contribution in [3.05, 3.63) is 59.7 Å². The molecule has 0 radical (unpaired) electrons. The van der Waals surface area contributed by atoms with E-state index in [1.807, 2.05) is 0 Å². The zero-order chi connectivity index (χ0) is 22.4. The summed E-state index contributed by atoms with van der Waals surface area (Å²) in [5.41, 5.74) is 0.836. The number of carbonyl (C=O) groups excluding carboxylic acids is 2. The van der Waals surface area contributed by atoms with Gasteiger partial charge in [0.05, 0.1) is 17.0 Å². The summed E-state index contributed by atoms with van der Waals surface area (Å²) in [5.74, 6) is 2.05. The summed E-state index contributed by atoms with van der Waals surface area (Å²) < 4.78 is 37.4. The fourth-order valence-corrected chi connectivity index (χ4v) is 4.33. The quantitative estimate of drug-likeness (QED) is 0.516. The van der Waals surface area contributed by atoms with Crippen molar-refractivity contribution in [1.82, 2.24) is 9.62 Å². The van der Waals surface area contributed by atoms with Crippen LogP contribution in [-0.2, 0) is 26.2 Å². The van der Waals surface area contributed by atoms with E-state index in [0.717, 1.165) is 9.87 Å². The van der Waals surface area contributed by atoms with Crippen LogP contribution in [0.25, 0.3) is 0 Å². The third kappa shape index (κ3) is 5.63. The van der Waals surface area contributed by atoms with Crippen molar-refractivity contribution in [2.75, 3.05) is 19.6 Å². The van der Waals surface area contributed by atoms with Crippen molar-refractivity contribution >= 4 is 21.9 Å². The van der Waals surface area contributed by atoms with Crippen LogP contribution in [0.2, 0.25) is 0 Å². The predicted octanol–water partition coefficient (Wildman–Crippen LogP) is 1.56. The summed E-state index contributed by atoms with van der Waals surface area (Å²) >= 11 is 0. The Hall–Kier alpha value is -3.35. The molecule has 0 spiro atoms. The van der Waals surface area contributed by atoms with E-state index in [-0.39, 0.29) is 48.7 Å². The summed E-state index contributed by atoms with van der Waals surface area (Å²) in [7, 11) is -3.90. The normalized spacial score (nSPS) is 15.4. The van der Waals surface area contributed by atoms with Gasteiger partial charge < -0.3 is 14.8 Å². The van der Waals surface area contributed by atoms with Crippen LogP contribution in [-0.4, -0.2) is 50.3 Å². The molecule has 0 aliphatic carbocycles. The molecule has 0 bridgehead atoms. The number of amides is 1. The Bertz CT molecular complexity index is 1110. The summed E-state index contributed by atoms with van der Waals surface area (Å²) in [6, 6.07) is 12.5. The maximum Gasteiger partial charge on any atom is 0.338 e. The van der Waals surface area contributed by atoms with Gasteiger partial charge in [-0.15, -0.1) is 6.42 Å². The largest absolute Gasteiger partial charge is 0.478 e. The maximum absolute atomic E-state index is 12.8. The van der Waals surface area contributed by atoms with Crippen molar-refractivity contribution in [3.63, 3.8) is 0 Å². The van der Waals surface area contributed by atoms with E-state index in [2.05, 4.69) is 11.2 Å². The minimum atomic E-state index is -3.90. The van der Waals surface area contributed by atoms with Crippen molar-refractivity contribution in [3.8, 4) is 18.1 Å². The number of sulfonamides is 1. The number of terminal acetylenes is 1. The molecule has 31 heavy (non-hydrogen) atoms. The third-order valence-electron chi connectivity index (χ3n) is 4.55. The highest BCUT2D eigenvalue weighted by atomic mass is 32.2. The number of ether oxygens (including phenoxy) is 2. The van der Waals surface area contributed by atoms with E-state index in [1.54, 1.807) is 31.2 Å². The molecule has 1 amide bonds. The van der Waals surface area contributed by atoms with Gasteiger partial charge in [0.2, 0.25) is 15.9 Å². The smallest absolute Gasteiger partial charge is 0.338 e. The molecule has 1 saturated heterocycles. The lowest BCUT2D eigenvalue weighted by Gasteiger charge is -2.26. The van der Waals surface area contributed by atoms with Gasteiger partial charge in [0.1, 0.15) is 12.4 Å². The number of piperazine rings is 1. The van der Waals surface area contributed by atoms with E-state index < -0.39 is 16.0 Å². The highest BCUT2D eigenvalue weighted by molar-refractivity contribution is 7.89. The average molecular weight is 442 g/mol. The van der Waals surface area contributed by atoms with E-state index in [1.165, 1.54) is 24.3 Å². The SMILES string of the molecule is C#C[C@H](C)Oc1ccc(COC(=O)c2cccc(S(=O)(=O)N3CCNC(=O)C3)c2)cc1. The zero-order valence-electron chi connectivity index (χ0n) is 16.9. The fraction of sp³-hybridized carbons (Fsp3) is 0.273. The van der Waals surface area contributed by atoms with Crippen LogP contribution in [0.5, 0.6) is 5.75 Å². The van der Waals surface area contributed by atoms with Gasteiger partial charge in [-0.3, -0.25) is 4.79 Å². The first-order chi connectivity index (χ1) is 14.8. The Kier molecular flexibility index (Phi) is 6.95. The highest BCUT2D eigenvalue weighted by Gasteiger charge is 2.29. The number of hydrogen-bond donors (Lipinski definition) is 1. The molecule has 1 aliphatic rings. The summed E-state index contributed by atoms with van der Waals surface area (Å²) in [5, 5.41) is 2.58. The van der Waals surface area contributed by atoms with Gasteiger partial charge in [0, 0.05) is 13.1 Å². The van der Waals surface area contributed by atoms with E-state index in [4.69, 9.17) is 15.9 Å². The average Bonchev–Trinajstić information content (AvgIpc) is 2.78. The molecule has 162 valence electrons. The fourth-order valence-electron chi connectivity index (χ4n) is 2.89. The lowest BCUT2D eigenvalue weighted by molar-refractivity contribution is -0.122. The molecular weight excluding hydrogens is 420 g/mol. The second kappa shape index (κ2) is 9.64. The maximum atomic E-state index is 12.8. The first-order valence-electron chi connectivity index (χ1n) is 9.55. The van der Waals surface area contributed by atoms with Gasteiger partial charge in [-0.25, -0.2) is 13.2 Å². The second-order valence-corrected chi connectivity index (χ2v) is 8.80. The van der Waals surface area contributed by atoms with E-state index >= 15 is 0 Å². The molecule has 2 aromatic rings.